The highest BCUT2D eigenvalue weighted by molar-refractivity contribution is 7.79. The maximum Gasteiger partial charge on any atom is 0.162 e. The number of nitrogens with two attached hydrogens (primary N) is 1. The third-order valence-corrected chi connectivity index (χ3v) is 6.87. The van der Waals surface area contributed by atoms with Crippen LogP contribution in [0.3, 0.4) is 0 Å². The number of aromatic nitrogens is 3. The monoisotopic (exact) mass is 547 g/mol. The van der Waals surface area contributed by atoms with Crippen molar-refractivity contribution in [1.82, 2.24) is 20.5 Å². The molecule has 2 fully saturated rings. The second-order valence-electron chi connectivity index (χ2n) is 8.58. The number of nitrogen functional groups attached to an aromatic ring is 1. The average Bonchev–Trinajstić information content (AvgIpc) is 2.84. The Hall–Kier alpha value is -2.79. The molecule has 4 N–H and O–H groups in total. The number of pyridine rings is 1. The summed E-state index contributed by atoms with van der Waals surface area (Å²) in [7, 11) is 1.52. The molecule has 0 aliphatic carbocycles. The molecule has 2 aliphatic rings. The van der Waals surface area contributed by atoms with Gasteiger partial charge < -0.3 is 25.4 Å². The SMILES string of the molecule is COc1cc(N)c(C(=N)c2ccc(N3CC4(CNC4)C3)nc2)cc1OCc1c(Cl)cnnc1Cl.CS. The fourth-order valence-electron chi connectivity index (χ4n) is 4.21. The highest BCUT2D eigenvalue weighted by Gasteiger charge is 2.47. The van der Waals surface area contributed by atoms with Crippen molar-refractivity contribution < 1.29 is 9.47 Å². The van der Waals surface area contributed by atoms with Crippen LogP contribution in [-0.4, -0.2) is 60.4 Å². The van der Waals surface area contributed by atoms with Gasteiger partial charge in [0.15, 0.2) is 16.7 Å². The quantitative estimate of drug-likeness (QED) is 0.200. The first-order chi connectivity index (χ1) is 17.4. The molecule has 0 saturated carbocycles. The molecule has 36 heavy (non-hydrogen) atoms. The first kappa shape index (κ1) is 26.3. The summed E-state index contributed by atoms with van der Waals surface area (Å²) in [5, 5.41) is 20.1. The number of nitrogens with one attached hydrogen (secondary N) is 2. The van der Waals surface area contributed by atoms with Crippen molar-refractivity contribution in [2.75, 3.05) is 50.2 Å². The lowest BCUT2D eigenvalue weighted by Crippen LogP contribution is -2.71. The van der Waals surface area contributed by atoms with Gasteiger partial charge in [0.25, 0.3) is 0 Å². The van der Waals surface area contributed by atoms with Crippen LogP contribution in [0.5, 0.6) is 11.5 Å². The van der Waals surface area contributed by atoms with Crippen molar-refractivity contribution in [3.63, 3.8) is 0 Å². The van der Waals surface area contributed by atoms with Crippen molar-refractivity contribution in [2.24, 2.45) is 5.41 Å². The lowest BCUT2D eigenvalue weighted by Gasteiger charge is -2.56. The van der Waals surface area contributed by atoms with Crippen LogP contribution in [-0.2, 0) is 6.61 Å². The number of nitrogens with zero attached hydrogens (tertiary/aromatic N) is 4. The fraction of sp³-hybridized carbons (Fsp3) is 0.333. The Labute approximate surface area is 225 Å². The van der Waals surface area contributed by atoms with Gasteiger partial charge in [-0.2, -0.15) is 17.7 Å². The first-order valence-corrected chi connectivity index (χ1v) is 12.8. The van der Waals surface area contributed by atoms with Crippen LogP contribution in [0.2, 0.25) is 10.2 Å². The number of halogens is 2. The molecule has 190 valence electrons. The van der Waals surface area contributed by atoms with Crippen LogP contribution in [0, 0.1) is 10.8 Å². The standard InChI is InChI=1S/C23H23Cl2N7O2.CH4S/c1-33-18-5-17(26)14(4-19(18)34-8-15-16(24)7-30-31-22(15)25)21(27)13-2-3-20(29-6-13)32-11-23(12-32)9-28-10-23;1-2/h2-7,27-28H,8-12,26H2,1H3;2H,1H3. The maximum absolute atomic E-state index is 8.74. The molecule has 2 aromatic heterocycles. The number of benzene rings is 1. The maximum atomic E-state index is 8.74. The minimum absolute atomic E-state index is 0.0450. The van der Waals surface area contributed by atoms with E-state index in [1.807, 2.05) is 12.1 Å². The van der Waals surface area contributed by atoms with Gasteiger partial charge in [0.2, 0.25) is 0 Å². The Morgan fingerprint density at radius 3 is 2.53 bits per heavy atom. The van der Waals surface area contributed by atoms with Gasteiger partial charge in [0.1, 0.15) is 12.4 Å². The van der Waals surface area contributed by atoms with Crippen molar-refractivity contribution in [3.05, 3.63) is 63.5 Å². The van der Waals surface area contributed by atoms with Gasteiger partial charge in [-0.25, -0.2) is 4.98 Å². The molecule has 2 aliphatic heterocycles. The van der Waals surface area contributed by atoms with E-state index < -0.39 is 0 Å². The van der Waals surface area contributed by atoms with Gasteiger partial charge in [0, 0.05) is 66.2 Å². The summed E-state index contributed by atoms with van der Waals surface area (Å²) in [5.41, 5.74) is 8.94. The summed E-state index contributed by atoms with van der Waals surface area (Å²) in [6.07, 6.45) is 4.79. The smallest absolute Gasteiger partial charge is 0.162 e. The molecule has 1 spiro atoms. The van der Waals surface area contributed by atoms with Crippen molar-refractivity contribution in [3.8, 4) is 11.5 Å². The van der Waals surface area contributed by atoms with Crippen LogP contribution >= 0.6 is 35.8 Å². The summed E-state index contributed by atoms with van der Waals surface area (Å²) in [5.74, 6) is 1.74. The Bertz CT molecular complexity index is 1230. The fourth-order valence-corrected chi connectivity index (χ4v) is 4.65. The number of thiol groups is 1. The number of ether oxygens (including phenoxy) is 2. The van der Waals surface area contributed by atoms with Gasteiger partial charge in [-0.1, -0.05) is 23.2 Å². The van der Waals surface area contributed by atoms with Crippen LogP contribution < -0.4 is 25.4 Å². The van der Waals surface area contributed by atoms with Crippen LogP contribution in [0.1, 0.15) is 16.7 Å². The summed E-state index contributed by atoms with van der Waals surface area (Å²) >= 11 is 15.8. The predicted molar refractivity (Wildman–Crippen MR) is 146 cm³/mol. The molecule has 5 rings (SSSR count). The largest absolute Gasteiger partial charge is 0.493 e. The number of anilines is 2. The van der Waals surface area contributed by atoms with Crippen LogP contribution in [0.15, 0.2) is 36.7 Å². The predicted octanol–water partition coefficient (Wildman–Crippen LogP) is 3.72. The second kappa shape index (κ2) is 11.1. The number of hydrogen-bond donors (Lipinski definition) is 4. The van der Waals surface area contributed by atoms with E-state index in [-0.39, 0.29) is 17.5 Å². The molecule has 4 heterocycles. The van der Waals surface area contributed by atoms with E-state index in [4.69, 9.17) is 43.8 Å². The number of rotatable bonds is 7. The zero-order valence-electron chi connectivity index (χ0n) is 19.9. The minimum Gasteiger partial charge on any atom is -0.493 e. The molecular weight excluding hydrogens is 521 g/mol. The molecule has 0 unspecified atom stereocenters. The first-order valence-electron chi connectivity index (χ1n) is 11.1. The molecular formula is C24H27Cl2N7O2S. The van der Waals surface area contributed by atoms with E-state index in [1.54, 1.807) is 24.6 Å². The van der Waals surface area contributed by atoms with Gasteiger partial charge in [-0.15, -0.1) is 5.10 Å². The Morgan fingerprint density at radius 1 is 1.19 bits per heavy atom. The van der Waals surface area contributed by atoms with Crippen molar-refractivity contribution in [2.45, 2.75) is 6.61 Å². The molecule has 0 radical (unpaired) electrons. The van der Waals surface area contributed by atoms with E-state index in [1.165, 1.54) is 13.3 Å². The number of methoxy groups -OCH3 is 1. The zero-order chi connectivity index (χ0) is 25.9. The lowest BCUT2D eigenvalue weighted by molar-refractivity contribution is 0.120. The number of hydrogen-bond acceptors (Lipinski definition) is 10. The molecule has 3 aromatic rings. The normalized spacial score (nSPS) is 15.3. The van der Waals surface area contributed by atoms with E-state index >= 15 is 0 Å². The molecule has 12 heteroatoms. The molecule has 0 atom stereocenters. The van der Waals surface area contributed by atoms with E-state index in [0.29, 0.717) is 44.3 Å². The minimum atomic E-state index is 0.0450. The van der Waals surface area contributed by atoms with Crippen LogP contribution in [0.25, 0.3) is 0 Å². The zero-order valence-corrected chi connectivity index (χ0v) is 22.3. The molecule has 0 amide bonds. The molecule has 1 aromatic carbocycles. The van der Waals surface area contributed by atoms with E-state index in [2.05, 4.69) is 38.0 Å². The third-order valence-electron chi connectivity index (χ3n) is 6.24. The highest BCUT2D eigenvalue weighted by Crippen LogP contribution is 2.37. The van der Waals surface area contributed by atoms with Gasteiger partial charge in [-0.05, 0) is 24.5 Å². The Kier molecular flexibility index (Phi) is 8.09. The topological polar surface area (TPSA) is 122 Å². The van der Waals surface area contributed by atoms with Gasteiger partial charge >= 0.3 is 0 Å². The summed E-state index contributed by atoms with van der Waals surface area (Å²) < 4.78 is 11.3. The van der Waals surface area contributed by atoms with Gasteiger partial charge in [-0.3, -0.25) is 5.41 Å². The lowest BCUT2D eigenvalue weighted by atomic mass is 9.74. The Balaban J connectivity index is 0.00000148. The summed E-state index contributed by atoms with van der Waals surface area (Å²) in [6.45, 7) is 4.21. The van der Waals surface area contributed by atoms with Crippen LogP contribution in [0.4, 0.5) is 11.5 Å². The highest BCUT2D eigenvalue weighted by atomic mass is 35.5. The molecule has 9 nitrogen and oxygen atoms in total. The summed E-state index contributed by atoms with van der Waals surface area (Å²) in [6, 6.07) is 7.13. The third kappa shape index (κ3) is 5.17. The molecule has 0 bridgehead atoms. The Morgan fingerprint density at radius 2 is 1.94 bits per heavy atom. The van der Waals surface area contributed by atoms with Gasteiger partial charge in [0.05, 0.1) is 24.0 Å². The van der Waals surface area contributed by atoms with E-state index in [0.717, 1.165) is 32.0 Å². The molecule has 2 saturated heterocycles. The van der Waals surface area contributed by atoms with Crippen molar-refractivity contribution in [1.29, 1.82) is 5.41 Å². The van der Waals surface area contributed by atoms with Crippen molar-refractivity contribution >= 4 is 53.0 Å². The average molecular weight is 549 g/mol. The van der Waals surface area contributed by atoms with E-state index in [9.17, 15) is 0 Å². The second-order valence-corrected chi connectivity index (χ2v) is 9.35. The summed E-state index contributed by atoms with van der Waals surface area (Å²) in [4.78, 5) is 6.83.